The number of benzene rings is 2. The monoisotopic (exact) mass is 464 g/mol. The van der Waals surface area contributed by atoms with E-state index in [2.05, 4.69) is 0 Å². The van der Waals surface area contributed by atoms with Gasteiger partial charge in [-0.25, -0.2) is 0 Å². The molecule has 0 aromatic heterocycles. The minimum absolute atomic E-state index is 0. The van der Waals surface area contributed by atoms with Crippen LogP contribution in [-0.2, 0) is 0 Å². The van der Waals surface area contributed by atoms with Gasteiger partial charge in [-0.05, 0) is 55.3 Å². The Bertz CT molecular complexity index is 870. The topological polar surface area (TPSA) is 51.1 Å². The Morgan fingerprint density at radius 2 is 1.82 bits per heavy atom. The number of nitrogens with zero attached hydrogens (tertiary/aromatic N) is 2. The van der Waals surface area contributed by atoms with Crippen LogP contribution >= 0.6 is 28.6 Å². The van der Waals surface area contributed by atoms with Crippen molar-refractivity contribution in [2.75, 3.05) is 24.8 Å². The number of rotatable bonds is 4. The summed E-state index contributed by atoms with van der Waals surface area (Å²) in [5.74, 6) is 2.26. The van der Waals surface area contributed by atoms with Crippen LogP contribution in [0.3, 0.4) is 0 Å². The molecule has 4 rings (SSSR count). The van der Waals surface area contributed by atoms with Crippen molar-refractivity contribution in [3.63, 3.8) is 0 Å². The molecule has 0 saturated heterocycles. The number of anilines is 1. The van der Waals surface area contributed by atoms with E-state index in [9.17, 15) is 4.79 Å². The lowest BCUT2D eigenvalue weighted by Gasteiger charge is -2.25. The molecule has 0 radical (unpaired) electrons. The molecule has 0 unspecified atom stereocenters. The van der Waals surface area contributed by atoms with E-state index in [1.807, 2.05) is 29.2 Å². The van der Waals surface area contributed by atoms with Crippen LogP contribution in [0.4, 0.5) is 5.69 Å². The second-order valence-electron chi connectivity index (χ2n) is 6.66. The molecule has 7 heteroatoms. The summed E-state index contributed by atoms with van der Waals surface area (Å²) < 4.78 is 10.7. The average Bonchev–Trinajstić information content (AvgIpc) is 2.99. The van der Waals surface area contributed by atoms with Crippen LogP contribution in [0.25, 0.3) is 0 Å². The molecule has 0 saturated carbocycles. The summed E-state index contributed by atoms with van der Waals surface area (Å²) >= 11 is 6.04. The van der Waals surface area contributed by atoms with Crippen LogP contribution in [0, 0.1) is 0 Å². The number of hydrogen-bond acceptors (Lipinski definition) is 5. The van der Waals surface area contributed by atoms with Crippen LogP contribution in [0.2, 0.25) is 5.02 Å². The lowest BCUT2D eigenvalue weighted by Crippen LogP contribution is -2.36. The molecule has 0 fully saturated rings. The average molecular weight is 466 g/mol. The zero-order valence-corrected chi connectivity index (χ0v) is 17.9. The van der Waals surface area contributed by atoms with Gasteiger partial charge in [0.1, 0.15) is 5.84 Å². The van der Waals surface area contributed by atoms with Crippen LogP contribution in [0.15, 0.2) is 47.5 Å². The molecule has 2 aromatic carbocycles. The van der Waals surface area contributed by atoms with Crippen molar-refractivity contribution < 1.29 is 14.3 Å². The first kappa shape index (κ1) is 20.7. The molecule has 2 aliphatic heterocycles. The molecule has 148 valence electrons. The number of carbonyl (C=O) groups excluding carboxylic acids is 1. The lowest BCUT2D eigenvalue weighted by atomic mass is 10.1. The van der Waals surface area contributed by atoms with Crippen molar-refractivity contribution >= 4 is 45.9 Å². The van der Waals surface area contributed by atoms with Gasteiger partial charge in [0.2, 0.25) is 6.79 Å². The van der Waals surface area contributed by atoms with E-state index < -0.39 is 0 Å². The van der Waals surface area contributed by atoms with Crippen molar-refractivity contribution in [2.24, 2.45) is 4.99 Å². The fourth-order valence-corrected chi connectivity index (χ4v) is 3.46. The third kappa shape index (κ3) is 4.67. The summed E-state index contributed by atoms with van der Waals surface area (Å²) in [4.78, 5) is 19.8. The molecule has 0 spiro atoms. The fraction of sp³-hybridized carbons (Fsp3) is 0.333. The lowest BCUT2D eigenvalue weighted by molar-refractivity contribution is 0.100. The maximum atomic E-state index is 13.0. The van der Waals surface area contributed by atoms with Crippen LogP contribution in [0.5, 0.6) is 11.5 Å². The zero-order valence-electron chi connectivity index (χ0n) is 15.4. The molecule has 2 heterocycles. The van der Waals surface area contributed by atoms with Crippen molar-refractivity contribution in [3.8, 4) is 11.5 Å². The third-order valence-corrected chi connectivity index (χ3v) is 5.05. The Hall–Kier alpha value is -2.05. The quantitative estimate of drug-likeness (QED) is 0.574. The summed E-state index contributed by atoms with van der Waals surface area (Å²) in [6, 6.07) is 12.9. The smallest absolute Gasteiger partial charge is 0.231 e. The standard InChI is InChI=1S/C21H21ClN2O3.BrH/c22-16-6-8-17(9-7-16)24(21-4-2-1-3-11-23-21)13-18(25)15-5-10-19-20(12-15)27-14-26-19;/h5-10,12H,1-4,11,13-14H2;1H. The first-order valence-corrected chi connectivity index (χ1v) is 9.58. The Kier molecular flexibility index (Phi) is 6.97. The largest absolute Gasteiger partial charge is 0.454 e. The Balaban J connectivity index is 0.00000225. The van der Waals surface area contributed by atoms with E-state index >= 15 is 0 Å². The van der Waals surface area contributed by atoms with E-state index in [-0.39, 0.29) is 36.1 Å². The van der Waals surface area contributed by atoms with Gasteiger partial charge in [0.25, 0.3) is 0 Å². The molecule has 0 atom stereocenters. The van der Waals surface area contributed by atoms with Gasteiger partial charge in [-0.15, -0.1) is 17.0 Å². The van der Waals surface area contributed by atoms with E-state index in [0.717, 1.165) is 43.8 Å². The number of aliphatic imine (C=N–C) groups is 1. The van der Waals surface area contributed by atoms with Crippen molar-refractivity contribution in [1.82, 2.24) is 0 Å². The molecule has 2 aliphatic rings. The van der Waals surface area contributed by atoms with Gasteiger partial charge in [0, 0.05) is 29.2 Å². The highest BCUT2D eigenvalue weighted by Crippen LogP contribution is 2.33. The summed E-state index contributed by atoms with van der Waals surface area (Å²) in [5, 5.41) is 0.670. The first-order chi connectivity index (χ1) is 13.2. The highest BCUT2D eigenvalue weighted by Gasteiger charge is 2.21. The van der Waals surface area contributed by atoms with Gasteiger partial charge < -0.3 is 14.4 Å². The van der Waals surface area contributed by atoms with Crippen molar-refractivity contribution in [2.45, 2.75) is 25.7 Å². The molecule has 2 aromatic rings. The first-order valence-electron chi connectivity index (χ1n) is 9.20. The van der Waals surface area contributed by atoms with Gasteiger partial charge in [-0.1, -0.05) is 18.0 Å². The minimum Gasteiger partial charge on any atom is -0.454 e. The number of fused-ring (bicyclic) bond motifs is 1. The van der Waals surface area contributed by atoms with Gasteiger partial charge >= 0.3 is 0 Å². The summed E-state index contributed by atoms with van der Waals surface area (Å²) in [7, 11) is 0. The van der Waals surface area contributed by atoms with Crippen LogP contribution in [-0.4, -0.2) is 31.5 Å². The zero-order chi connectivity index (χ0) is 18.6. The number of ether oxygens (including phenoxy) is 2. The van der Waals surface area contributed by atoms with Crippen LogP contribution < -0.4 is 14.4 Å². The van der Waals surface area contributed by atoms with E-state index in [1.54, 1.807) is 18.2 Å². The third-order valence-electron chi connectivity index (χ3n) is 4.80. The van der Waals surface area contributed by atoms with E-state index in [4.69, 9.17) is 26.1 Å². The van der Waals surface area contributed by atoms with Gasteiger partial charge in [0.05, 0.1) is 6.54 Å². The molecule has 0 aliphatic carbocycles. The molecule has 0 N–H and O–H groups in total. The molecule has 0 amide bonds. The summed E-state index contributed by atoms with van der Waals surface area (Å²) in [6.45, 7) is 1.22. The van der Waals surface area contributed by atoms with Gasteiger partial charge in [-0.2, -0.15) is 0 Å². The van der Waals surface area contributed by atoms with E-state index in [1.165, 1.54) is 0 Å². The van der Waals surface area contributed by atoms with Gasteiger partial charge in [0.15, 0.2) is 17.3 Å². The second-order valence-corrected chi connectivity index (χ2v) is 7.10. The number of amidine groups is 1. The number of hydrogen-bond donors (Lipinski definition) is 0. The normalized spacial score (nSPS) is 15.2. The number of Topliss-reactive ketones (excluding diaryl/α,β-unsaturated/α-hetero) is 1. The van der Waals surface area contributed by atoms with Crippen molar-refractivity contribution in [1.29, 1.82) is 0 Å². The van der Waals surface area contributed by atoms with Crippen LogP contribution in [0.1, 0.15) is 36.0 Å². The molecule has 0 bridgehead atoms. The fourth-order valence-electron chi connectivity index (χ4n) is 3.34. The van der Waals surface area contributed by atoms with E-state index in [0.29, 0.717) is 22.1 Å². The SMILES string of the molecule is Br.O=C(CN(C1=NCCCCC1)c1ccc(Cl)cc1)c1ccc2c(c1)OCO2. The Morgan fingerprint density at radius 1 is 1.04 bits per heavy atom. The van der Waals surface area contributed by atoms with Crippen molar-refractivity contribution in [3.05, 3.63) is 53.1 Å². The molecular formula is C21H22BrClN2O3. The summed E-state index contributed by atoms with van der Waals surface area (Å²) in [6.07, 6.45) is 4.21. The highest BCUT2D eigenvalue weighted by atomic mass is 79.9. The Labute approximate surface area is 180 Å². The second kappa shape index (κ2) is 9.43. The predicted octanol–water partition coefficient (Wildman–Crippen LogP) is 5.31. The maximum absolute atomic E-state index is 13.0. The number of ketones is 1. The maximum Gasteiger partial charge on any atom is 0.231 e. The Morgan fingerprint density at radius 3 is 2.64 bits per heavy atom. The molecule has 5 nitrogen and oxygen atoms in total. The number of carbonyl (C=O) groups is 1. The predicted molar refractivity (Wildman–Crippen MR) is 117 cm³/mol. The number of halogens is 2. The highest BCUT2D eigenvalue weighted by molar-refractivity contribution is 8.93. The van der Waals surface area contributed by atoms with Gasteiger partial charge in [-0.3, -0.25) is 9.79 Å². The molecular weight excluding hydrogens is 444 g/mol. The molecule has 28 heavy (non-hydrogen) atoms. The minimum atomic E-state index is 0. The summed E-state index contributed by atoms with van der Waals surface area (Å²) in [5.41, 5.74) is 1.53.